The lowest BCUT2D eigenvalue weighted by atomic mass is 9.77. The molecular formula is C13H15BN2O5. The number of rotatable bonds is 5. The molecule has 0 aliphatic carbocycles. The standard InChI is InChI=1S/C13H15BN2O5/c1-8-2-3-9(6-10(8)14(20)21)15-11-7-12(18)16(4-5-17)13(11)19/h2-3,6-7,15,17,20-21H,4-5H2,1H3. The van der Waals surface area contributed by atoms with Crippen LogP contribution in [-0.2, 0) is 9.59 Å². The Balaban J connectivity index is 2.20. The van der Waals surface area contributed by atoms with Crippen molar-refractivity contribution in [3.8, 4) is 0 Å². The highest BCUT2D eigenvalue weighted by atomic mass is 16.4. The summed E-state index contributed by atoms with van der Waals surface area (Å²) in [6.07, 6.45) is 1.15. The fraction of sp³-hybridized carbons (Fsp3) is 0.231. The molecule has 0 bridgehead atoms. The second-order valence-corrected chi connectivity index (χ2v) is 4.65. The molecule has 110 valence electrons. The highest BCUT2D eigenvalue weighted by Crippen LogP contribution is 2.16. The zero-order chi connectivity index (χ0) is 15.6. The number of nitrogens with one attached hydrogen (secondary N) is 1. The quantitative estimate of drug-likeness (QED) is 0.381. The van der Waals surface area contributed by atoms with E-state index < -0.39 is 18.9 Å². The first-order valence-corrected chi connectivity index (χ1v) is 6.36. The van der Waals surface area contributed by atoms with Crippen LogP contribution in [0.25, 0.3) is 0 Å². The van der Waals surface area contributed by atoms with E-state index in [0.29, 0.717) is 16.7 Å². The van der Waals surface area contributed by atoms with Gasteiger partial charge in [-0.2, -0.15) is 0 Å². The molecular weight excluding hydrogens is 275 g/mol. The van der Waals surface area contributed by atoms with Crippen molar-refractivity contribution in [3.05, 3.63) is 35.5 Å². The number of aliphatic hydroxyl groups excluding tert-OH is 1. The van der Waals surface area contributed by atoms with Gasteiger partial charge in [0.15, 0.2) is 0 Å². The third kappa shape index (κ3) is 3.13. The molecule has 0 atom stereocenters. The van der Waals surface area contributed by atoms with Crippen LogP contribution in [0.1, 0.15) is 5.56 Å². The highest BCUT2D eigenvalue weighted by Gasteiger charge is 2.30. The van der Waals surface area contributed by atoms with Crippen LogP contribution in [0.4, 0.5) is 5.69 Å². The number of amides is 2. The number of aliphatic hydroxyl groups is 1. The van der Waals surface area contributed by atoms with Gasteiger partial charge in [0.2, 0.25) is 0 Å². The Morgan fingerprint density at radius 1 is 1.29 bits per heavy atom. The fourth-order valence-corrected chi connectivity index (χ4v) is 2.06. The number of hydrogen-bond acceptors (Lipinski definition) is 6. The van der Waals surface area contributed by atoms with Crippen molar-refractivity contribution in [2.75, 3.05) is 18.5 Å². The molecule has 8 heteroatoms. The van der Waals surface area contributed by atoms with Gasteiger partial charge < -0.3 is 20.5 Å². The molecule has 1 aliphatic heterocycles. The number of carbonyl (C=O) groups is 2. The van der Waals surface area contributed by atoms with Gasteiger partial charge in [0, 0.05) is 11.8 Å². The van der Waals surface area contributed by atoms with E-state index in [1.165, 1.54) is 6.07 Å². The number of carbonyl (C=O) groups excluding carboxylic acids is 2. The Morgan fingerprint density at radius 3 is 2.62 bits per heavy atom. The monoisotopic (exact) mass is 290 g/mol. The summed E-state index contributed by atoms with van der Waals surface area (Å²) in [5.74, 6) is -1.02. The molecule has 0 fully saturated rings. The van der Waals surface area contributed by atoms with E-state index in [9.17, 15) is 19.6 Å². The van der Waals surface area contributed by atoms with Crippen molar-refractivity contribution in [2.24, 2.45) is 0 Å². The van der Waals surface area contributed by atoms with E-state index in [1.54, 1.807) is 19.1 Å². The first-order valence-electron chi connectivity index (χ1n) is 6.36. The molecule has 1 aromatic carbocycles. The van der Waals surface area contributed by atoms with Crippen molar-refractivity contribution < 1.29 is 24.7 Å². The smallest absolute Gasteiger partial charge is 0.423 e. The summed E-state index contributed by atoms with van der Waals surface area (Å²) >= 11 is 0. The summed E-state index contributed by atoms with van der Waals surface area (Å²) in [4.78, 5) is 24.5. The Hall–Kier alpha value is -2.16. The lowest BCUT2D eigenvalue weighted by Gasteiger charge is -2.14. The van der Waals surface area contributed by atoms with E-state index in [2.05, 4.69) is 5.32 Å². The average molecular weight is 290 g/mol. The van der Waals surface area contributed by atoms with Gasteiger partial charge in [-0.1, -0.05) is 11.6 Å². The number of anilines is 1. The molecule has 21 heavy (non-hydrogen) atoms. The largest absolute Gasteiger partial charge is 0.488 e. The lowest BCUT2D eigenvalue weighted by Crippen LogP contribution is -2.34. The van der Waals surface area contributed by atoms with Crippen LogP contribution in [0.3, 0.4) is 0 Å². The van der Waals surface area contributed by atoms with Gasteiger partial charge in [-0.15, -0.1) is 0 Å². The summed E-state index contributed by atoms with van der Waals surface area (Å²) in [5.41, 5.74) is 1.54. The minimum absolute atomic E-state index is 0.0617. The fourth-order valence-electron chi connectivity index (χ4n) is 2.06. The van der Waals surface area contributed by atoms with Gasteiger partial charge in [0.1, 0.15) is 5.70 Å². The molecule has 2 rings (SSSR count). The van der Waals surface area contributed by atoms with Crippen LogP contribution in [-0.4, -0.2) is 52.1 Å². The number of benzene rings is 1. The Kier molecular flexibility index (Phi) is 4.42. The van der Waals surface area contributed by atoms with Gasteiger partial charge in [-0.05, 0) is 24.5 Å². The Morgan fingerprint density at radius 2 is 2.00 bits per heavy atom. The minimum Gasteiger partial charge on any atom is -0.423 e. The van der Waals surface area contributed by atoms with Crippen LogP contribution in [0, 0.1) is 6.92 Å². The van der Waals surface area contributed by atoms with E-state index >= 15 is 0 Å². The van der Waals surface area contributed by atoms with Crippen molar-refractivity contribution in [1.29, 1.82) is 0 Å². The maximum Gasteiger partial charge on any atom is 0.488 e. The SMILES string of the molecule is Cc1ccc(NC2=CC(=O)N(CCO)C2=O)cc1B(O)O. The third-order valence-electron chi connectivity index (χ3n) is 3.17. The first kappa shape index (κ1) is 15.2. The number of imide groups is 1. The Bertz CT molecular complexity index is 615. The summed E-state index contributed by atoms with van der Waals surface area (Å²) < 4.78 is 0. The molecule has 1 aliphatic rings. The van der Waals surface area contributed by atoms with Crippen molar-refractivity contribution >= 4 is 30.1 Å². The van der Waals surface area contributed by atoms with Crippen LogP contribution in [0.15, 0.2) is 30.0 Å². The maximum atomic E-state index is 12.0. The zero-order valence-corrected chi connectivity index (χ0v) is 11.4. The Labute approximate surface area is 121 Å². The average Bonchev–Trinajstić information content (AvgIpc) is 2.69. The normalized spacial score (nSPS) is 14.5. The number of β-amino-alcohol motifs (C(OH)–C–C–N with tert-alkyl or cyclic N) is 1. The summed E-state index contributed by atoms with van der Waals surface area (Å²) in [7, 11) is -1.62. The predicted octanol–water partition coefficient (Wildman–Crippen LogP) is -1.67. The van der Waals surface area contributed by atoms with Crippen molar-refractivity contribution in [3.63, 3.8) is 0 Å². The molecule has 2 amide bonds. The van der Waals surface area contributed by atoms with Crippen LogP contribution >= 0.6 is 0 Å². The molecule has 1 heterocycles. The molecule has 1 aromatic rings. The minimum atomic E-state index is -1.62. The summed E-state index contributed by atoms with van der Waals surface area (Å²) in [6, 6.07) is 4.83. The molecule has 0 unspecified atom stereocenters. The van der Waals surface area contributed by atoms with Crippen molar-refractivity contribution in [1.82, 2.24) is 4.90 Å². The van der Waals surface area contributed by atoms with Gasteiger partial charge >= 0.3 is 7.12 Å². The zero-order valence-electron chi connectivity index (χ0n) is 11.4. The molecule has 0 radical (unpaired) electrons. The van der Waals surface area contributed by atoms with Gasteiger partial charge in [0.05, 0.1) is 13.2 Å². The number of nitrogens with zero attached hydrogens (tertiary/aromatic N) is 1. The van der Waals surface area contributed by atoms with Gasteiger partial charge in [-0.3, -0.25) is 14.5 Å². The molecule has 7 nitrogen and oxygen atoms in total. The molecule has 0 aromatic heterocycles. The molecule has 0 saturated heterocycles. The van der Waals surface area contributed by atoms with Crippen LogP contribution < -0.4 is 10.8 Å². The van der Waals surface area contributed by atoms with Crippen LogP contribution in [0.2, 0.25) is 0 Å². The lowest BCUT2D eigenvalue weighted by molar-refractivity contribution is -0.137. The van der Waals surface area contributed by atoms with Gasteiger partial charge in [0.25, 0.3) is 11.8 Å². The molecule has 0 saturated carbocycles. The van der Waals surface area contributed by atoms with E-state index in [4.69, 9.17) is 5.11 Å². The molecule has 0 spiro atoms. The van der Waals surface area contributed by atoms with Crippen molar-refractivity contribution in [2.45, 2.75) is 6.92 Å². The maximum absolute atomic E-state index is 12.0. The van der Waals surface area contributed by atoms with E-state index in [0.717, 1.165) is 11.0 Å². The van der Waals surface area contributed by atoms with E-state index in [1.807, 2.05) is 0 Å². The number of hydrogen-bond donors (Lipinski definition) is 4. The molecule has 4 N–H and O–H groups in total. The second kappa shape index (κ2) is 6.09. The van der Waals surface area contributed by atoms with Gasteiger partial charge in [-0.25, -0.2) is 0 Å². The van der Waals surface area contributed by atoms with Crippen LogP contribution in [0.5, 0.6) is 0 Å². The first-order chi connectivity index (χ1) is 9.93. The summed E-state index contributed by atoms with van der Waals surface area (Å²) in [6.45, 7) is 1.36. The highest BCUT2D eigenvalue weighted by molar-refractivity contribution is 6.59. The third-order valence-corrected chi connectivity index (χ3v) is 3.17. The predicted molar refractivity (Wildman–Crippen MR) is 76.5 cm³/mol. The number of aryl methyl sites for hydroxylation is 1. The summed E-state index contributed by atoms with van der Waals surface area (Å²) in [5, 5.41) is 30.1. The second-order valence-electron chi connectivity index (χ2n) is 4.65. The van der Waals surface area contributed by atoms with E-state index in [-0.39, 0.29) is 18.8 Å². The topological polar surface area (TPSA) is 110 Å².